The Labute approximate surface area is 199 Å². The summed E-state index contributed by atoms with van der Waals surface area (Å²) in [4.78, 5) is 28.3. The smallest absolute Gasteiger partial charge is 0.416 e. The molecule has 0 fully saturated rings. The van der Waals surface area contributed by atoms with E-state index in [0.717, 1.165) is 54.8 Å². The predicted molar refractivity (Wildman–Crippen MR) is 123 cm³/mol. The van der Waals surface area contributed by atoms with Crippen LogP contribution in [0.5, 0.6) is 5.75 Å². The van der Waals surface area contributed by atoms with E-state index in [1.807, 2.05) is 0 Å². The van der Waals surface area contributed by atoms with Crippen molar-refractivity contribution in [2.45, 2.75) is 31.9 Å². The van der Waals surface area contributed by atoms with Gasteiger partial charge in [-0.15, -0.1) is 0 Å². The van der Waals surface area contributed by atoms with Gasteiger partial charge in [0, 0.05) is 23.7 Å². The van der Waals surface area contributed by atoms with Crippen LogP contribution in [-0.4, -0.2) is 43.8 Å². The minimum atomic E-state index is -4.60. The van der Waals surface area contributed by atoms with E-state index in [1.165, 1.54) is 18.4 Å². The average molecular weight is 490 g/mol. The number of anilines is 1. The normalized spacial score (nSPS) is 13.4. The zero-order chi connectivity index (χ0) is 25.0. The quantitative estimate of drug-likeness (QED) is 0.347. The van der Waals surface area contributed by atoms with Gasteiger partial charge in [0.1, 0.15) is 12.4 Å². The fourth-order valence-electron chi connectivity index (χ4n) is 4.10. The lowest BCUT2D eigenvalue weighted by Gasteiger charge is -2.15. The Balaban J connectivity index is 1.43. The standard InChI is InChI=1S/C25H25F3N2O5/c1-33-10-11-34-22-9-7-16(25(26,27)28)13-21(22)30-23(31)14-35-24(32)15-6-8-20-18(12-15)17-4-2-3-5-19(17)29-20/h6-9,12-13,29H,2-5,10-11,14H2,1H3,(H,30,31). The van der Waals surface area contributed by atoms with E-state index in [2.05, 4.69) is 10.3 Å². The third kappa shape index (κ3) is 5.76. The fourth-order valence-corrected chi connectivity index (χ4v) is 4.10. The van der Waals surface area contributed by atoms with Gasteiger partial charge in [0.2, 0.25) is 0 Å². The molecular formula is C25H25F3N2O5. The van der Waals surface area contributed by atoms with Crippen molar-refractivity contribution in [3.8, 4) is 5.75 Å². The molecule has 2 N–H and O–H groups in total. The summed E-state index contributed by atoms with van der Waals surface area (Å²) < 4.78 is 54.8. The van der Waals surface area contributed by atoms with E-state index >= 15 is 0 Å². The molecule has 4 rings (SSSR count). The number of hydrogen-bond donors (Lipinski definition) is 2. The van der Waals surface area contributed by atoms with Crippen LogP contribution in [0.25, 0.3) is 10.9 Å². The summed E-state index contributed by atoms with van der Waals surface area (Å²) in [6.07, 6.45) is -0.498. The number of aromatic amines is 1. The molecule has 0 spiro atoms. The van der Waals surface area contributed by atoms with Crippen LogP contribution < -0.4 is 10.1 Å². The molecule has 0 bridgehead atoms. The molecule has 0 saturated carbocycles. The molecule has 2 aromatic carbocycles. The molecule has 35 heavy (non-hydrogen) atoms. The van der Waals surface area contributed by atoms with E-state index in [9.17, 15) is 22.8 Å². The second kappa shape index (κ2) is 10.4. The van der Waals surface area contributed by atoms with E-state index in [-0.39, 0.29) is 24.7 Å². The van der Waals surface area contributed by atoms with Crippen LogP contribution in [0.15, 0.2) is 36.4 Å². The maximum Gasteiger partial charge on any atom is 0.416 e. The molecule has 186 valence electrons. The van der Waals surface area contributed by atoms with Gasteiger partial charge in [-0.25, -0.2) is 4.79 Å². The summed E-state index contributed by atoms with van der Waals surface area (Å²) in [6.45, 7) is -0.387. The number of methoxy groups -OCH3 is 1. The molecule has 1 aliphatic rings. The van der Waals surface area contributed by atoms with E-state index < -0.39 is 30.2 Å². The Morgan fingerprint density at radius 1 is 1.06 bits per heavy atom. The molecule has 1 heterocycles. The monoisotopic (exact) mass is 490 g/mol. The first-order valence-electron chi connectivity index (χ1n) is 11.2. The summed E-state index contributed by atoms with van der Waals surface area (Å²) in [7, 11) is 1.45. The highest BCUT2D eigenvalue weighted by Gasteiger charge is 2.31. The maximum absolute atomic E-state index is 13.1. The van der Waals surface area contributed by atoms with Crippen molar-refractivity contribution in [3.63, 3.8) is 0 Å². The summed E-state index contributed by atoms with van der Waals surface area (Å²) >= 11 is 0. The molecule has 1 amide bonds. The van der Waals surface area contributed by atoms with Gasteiger partial charge in [0.05, 0.1) is 23.4 Å². The zero-order valence-corrected chi connectivity index (χ0v) is 19.1. The highest BCUT2D eigenvalue weighted by atomic mass is 19.4. The number of amides is 1. The molecule has 7 nitrogen and oxygen atoms in total. The number of alkyl halides is 3. The number of aromatic nitrogens is 1. The minimum Gasteiger partial charge on any atom is -0.489 e. The number of rotatable bonds is 8. The van der Waals surface area contributed by atoms with Crippen molar-refractivity contribution in [1.82, 2.24) is 4.98 Å². The number of nitrogens with one attached hydrogen (secondary N) is 2. The second-order valence-corrected chi connectivity index (χ2v) is 8.22. The number of halogens is 3. The van der Waals surface area contributed by atoms with Crippen molar-refractivity contribution in [2.24, 2.45) is 0 Å². The third-order valence-electron chi connectivity index (χ3n) is 5.79. The van der Waals surface area contributed by atoms with Crippen molar-refractivity contribution in [2.75, 3.05) is 32.2 Å². The lowest BCUT2D eigenvalue weighted by Crippen LogP contribution is -2.22. The van der Waals surface area contributed by atoms with Gasteiger partial charge in [-0.3, -0.25) is 4.79 Å². The number of H-pyrrole nitrogens is 1. The molecule has 1 aromatic heterocycles. The first-order valence-corrected chi connectivity index (χ1v) is 11.2. The molecule has 0 radical (unpaired) electrons. The second-order valence-electron chi connectivity index (χ2n) is 8.22. The van der Waals surface area contributed by atoms with Crippen molar-refractivity contribution in [3.05, 3.63) is 58.8 Å². The Morgan fingerprint density at radius 3 is 2.63 bits per heavy atom. The van der Waals surface area contributed by atoms with Gasteiger partial charge >= 0.3 is 12.1 Å². The van der Waals surface area contributed by atoms with Crippen molar-refractivity contribution < 1.29 is 37.0 Å². The van der Waals surface area contributed by atoms with Gasteiger partial charge in [-0.1, -0.05) is 0 Å². The Hall–Kier alpha value is -3.53. The number of ether oxygens (including phenoxy) is 3. The molecule has 0 unspecified atom stereocenters. The van der Waals surface area contributed by atoms with E-state index in [1.54, 1.807) is 18.2 Å². The Morgan fingerprint density at radius 2 is 1.86 bits per heavy atom. The Kier molecular flexibility index (Phi) is 7.30. The number of carbonyl (C=O) groups excluding carboxylic acids is 2. The summed E-state index contributed by atoms with van der Waals surface area (Å²) in [5.41, 5.74) is 2.48. The average Bonchev–Trinajstić information content (AvgIpc) is 3.21. The summed E-state index contributed by atoms with van der Waals surface area (Å²) in [5, 5.41) is 3.29. The van der Waals surface area contributed by atoms with Gasteiger partial charge in [0.25, 0.3) is 5.91 Å². The van der Waals surface area contributed by atoms with Crippen LogP contribution in [0.2, 0.25) is 0 Å². The number of hydrogen-bond acceptors (Lipinski definition) is 5. The minimum absolute atomic E-state index is 0.0393. The van der Waals surface area contributed by atoms with Crippen LogP contribution in [0.1, 0.15) is 40.0 Å². The third-order valence-corrected chi connectivity index (χ3v) is 5.79. The van der Waals surface area contributed by atoms with Crippen LogP contribution in [0.3, 0.4) is 0 Å². The molecule has 1 aliphatic carbocycles. The maximum atomic E-state index is 13.1. The molecule has 0 aliphatic heterocycles. The number of benzene rings is 2. The van der Waals surface area contributed by atoms with Gasteiger partial charge in [-0.05, 0) is 67.6 Å². The van der Waals surface area contributed by atoms with Crippen molar-refractivity contribution >= 4 is 28.5 Å². The largest absolute Gasteiger partial charge is 0.489 e. The lowest BCUT2D eigenvalue weighted by atomic mass is 9.95. The number of carbonyl (C=O) groups is 2. The molecule has 0 saturated heterocycles. The molecular weight excluding hydrogens is 465 g/mol. The summed E-state index contributed by atoms with van der Waals surface area (Å²) in [6, 6.07) is 7.89. The predicted octanol–water partition coefficient (Wildman–Crippen LogP) is 4.89. The first-order chi connectivity index (χ1) is 16.8. The van der Waals surface area contributed by atoms with Gasteiger partial charge < -0.3 is 24.5 Å². The summed E-state index contributed by atoms with van der Waals surface area (Å²) in [5.74, 6) is -1.46. The highest BCUT2D eigenvalue weighted by molar-refractivity contribution is 5.99. The number of fused-ring (bicyclic) bond motifs is 3. The SMILES string of the molecule is COCCOc1ccc(C(F)(F)F)cc1NC(=O)COC(=O)c1ccc2[nH]c3c(c2c1)CCCC3. The van der Waals surface area contributed by atoms with Crippen LogP contribution >= 0.6 is 0 Å². The first kappa shape index (κ1) is 24.6. The van der Waals surface area contributed by atoms with E-state index in [4.69, 9.17) is 14.2 Å². The van der Waals surface area contributed by atoms with Gasteiger partial charge in [-0.2, -0.15) is 13.2 Å². The van der Waals surface area contributed by atoms with Gasteiger partial charge in [0.15, 0.2) is 6.61 Å². The van der Waals surface area contributed by atoms with Crippen molar-refractivity contribution in [1.29, 1.82) is 0 Å². The van der Waals surface area contributed by atoms with E-state index in [0.29, 0.717) is 5.56 Å². The zero-order valence-electron chi connectivity index (χ0n) is 19.1. The lowest BCUT2D eigenvalue weighted by molar-refractivity contribution is -0.137. The van der Waals surface area contributed by atoms with Crippen LogP contribution in [-0.2, 0) is 33.3 Å². The highest BCUT2D eigenvalue weighted by Crippen LogP contribution is 2.35. The van der Waals surface area contributed by atoms with Crippen LogP contribution in [0, 0.1) is 0 Å². The van der Waals surface area contributed by atoms with Crippen LogP contribution in [0.4, 0.5) is 18.9 Å². The Bertz CT molecular complexity index is 1240. The molecule has 0 atom stereocenters. The number of aryl methyl sites for hydroxylation is 2. The number of esters is 1. The molecule has 10 heteroatoms. The fraction of sp³-hybridized carbons (Fsp3) is 0.360. The molecule has 3 aromatic rings. The topological polar surface area (TPSA) is 89.7 Å².